The van der Waals surface area contributed by atoms with Crippen molar-refractivity contribution in [1.82, 2.24) is 0 Å². The number of aliphatic hydroxyl groups is 1. The summed E-state index contributed by atoms with van der Waals surface area (Å²) in [4.78, 5) is 0. The molecular weight excluding hydrogens is 202 g/mol. The summed E-state index contributed by atoms with van der Waals surface area (Å²) < 4.78 is 24.9. The molecule has 0 amide bonds. The number of hydrogen-bond acceptors (Lipinski definition) is 2. The van der Waals surface area contributed by atoms with E-state index in [4.69, 9.17) is 0 Å². The van der Waals surface area contributed by atoms with E-state index in [1.54, 1.807) is 6.07 Å². The van der Waals surface area contributed by atoms with Crippen LogP contribution in [0.25, 0.3) is 0 Å². The van der Waals surface area contributed by atoms with Crippen molar-refractivity contribution >= 4 is 0 Å². The topological polar surface area (TPSA) is 40.5 Å². The molecule has 2 rings (SSSR count). The van der Waals surface area contributed by atoms with Crippen LogP contribution in [0.4, 0.5) is 8.78 Å². The smallest absolute Gasteiger partial charge is 0.267 e. The van der Waals surface area contributed by atoms with Gasteiger partial charge in [0.05, 0.1) is 11.2 Å². The molecule has 0 aliphatic heterocycles. The first-order chi connectivity index (χ1) is 7.00. The maximum absolute atomic E-state index is 12.4. The van der Waals surface area contributed by atoms with Gasteiger partial charge in [-0.25, -0.2) is 8.78 Å². The zero-order chi connectivity index (χ0) is 11.1. The van der Waals surface area contributed by atoms with Gasteiger partial charge in [-0.1, -0.05) is 6.07 Å². The fourth-order valence-corrected chi connectivity index (χ4v) is 1.59. The molecule has 1 aliphatic carbocycles. The molecule has 0 radical (unpaired) electrons. The lowest BCUT2D eigenvalue weighted by Crippen LogP contribution is -2.10. The maximum Gasteiger partial charge on any atom is 0.267 e. The van der Waals surface area contributed by atoms with Crippen LogP contribution in [-0.2, 0) is 6.42 Å². The quantitative estimate of drug-likeness (QED) is 0.811. The van der Waals surface area contributed by atoms with Crippen LogP contribution in [0, 0.1) is 0 Å². The molecule has 2 nitrogen and oxygen atoms in total. The molecule has 82 valence electrons. The van der Waals surface area contributed by atoms with Crippen LogP contribution in [0.1, 0.15) is 30.4 Å². The summed E-state index contributed by atoms with van der Waals surface area (Å²) in [5.41, 5.74) is -0.420. The van der Waals surface area contributed by atoms with Crippen LogP contribution >= 0.6 is 0 Å². The number of rotatable bonds is 3. The Bertz CT molecular complexity index is 373. The van der Waals surface area contributed by atoms with Crippen LogP contribution in [0.3, 0.4) is 0 Å². The van der Waals surface area contributed by atoms with Crippen molar-refractivity contribution in [2.24, 2.45) is 0 Å². The summed E-state index contributed by atoms with van der Waals surface area (Å²) in [5, 5.41) is 18.8. The second-order valence-corrected chi connectivity index (χ2v) is 4.09. The zero-order valence-corrected chi connectivity index (χ0v) is 8.08. The highest BCUT2D eigenvalue weighted by Crippen LogP contribution is 2.39. The number of aromatic hydroxyl groups is 1. The third-order valence-corrected chi connectivity index (χ3v) is 2.69. The highest BCUT2D eigenvalue weighted by atomic mass is 19.3. The van der Waals surface area contributed by atoms with Crippen LogP contribution in [0.15, 0.2) is 18.2 Å². The van der Waals surface area contributed by atoms with E-state index in [1.165, 1.54) is 12.1 Å². The number of halogens is 2. The van der Waals surface area contributed by atoms with Gasteiger partial charge in [0.15, 0.2) is 0 Å². The fraction of sp³-hybridized carbons (Fsp3) is 0.455. The summed E-state index contributed by atoms with van der Waals surface area (Å²) in [6, 6.07) is 4.08. The first-order valence-corrected chi connectivity index (χ1v) is 4.82. The predicted octanol–water partition coefficient (Wildman–Crippen LogP) is 2.40. The number of phenols is 1. The van der Waals surface area contributed by atoms with Crippen molar-refractivity contribution in [2.45, 2.75) is 31.3 Å². The number of benzene rings is 1. The molecule has 1 aromatic rings. The van der Waals surface area contributed by atoms with Crippen LogP contribution in [-0.4, -0.2) is 15.8 Å². The second-order valence-electron chi connectivity index (χ2n) is 4.09. The highest BCUT2D eigenvalue weighted by molar-refractivity contribution is 5.37. The molecule has 0 atom stereocenters. The Labute approximate surface area is 86.2 Å². The van der Waals surface area contributed by atoms with E-state index >= 15 is 0 Å². The zero-order valence-electron chi connectivity index (χ0n) is 8.08. The molecule has 1 fully saturated rings. The van der Waals surface area contributed by atoms with Crippen molar-refractivity contribution < 1.29 is 19.0 Å². The minimum atomic E-state index is -2.68. The number of phenolic OH excluding ortho intramolecular Hbond substituents is 1. The Balaban J connectivity index is 2.22. The van der Waals surface area contributed by atoms with Crippen molar-refractivity contribution in [3.8, 4) is 5.75 Å². The van der Waals surface area contributed by atoms with E-state index in [-0.39, 0.29) is 5.56 Å². The molecule has 4 heteroatoms. The monoisotopic (exact) mass is 214 g/mol. The van der Waals surface area contributed by atoms with Crippen LogP contribution < -0.4 is 0 Å². The molecule has 1 saturated carbocycles. The minimum Gasteiger partial charge on any atom is -0.507 e. The first-order valence-electron chi connectivity index (χ1n) is 4.82. The van der Waals surface area contributed by atoms with Crippen molar-refractivity contribution in [2.75, 3.05) is 0 Å². The van der Waals surface area contributed by atoms with Crippen molar-refractivity contribution in [3.05, 3.63) is 29.3 Å². The van der Waals surface area contributed by atoms with E-state index in [1.807, 2.05) is 0 Å². The van der Waals surface area contributed by atoms with Gasteiger partial charge in [0.2, 0.25) is 0 Å². The standard InChI is InChI=1S/C11H12F2O2/c12-10(13)8-5-7(1-2-9(8)14)6-11(15)3-4-11/h1-2,5,10,14-15H,3-4,6H2. The summed E-state index contributed by atoms with van der Waals surface area (Å²) in [6.07, 6.45) is -0.859. The molecule has 1 aromatic carbocycles. The average Bonchev–Trinajstić information content (AvgIpc) is 2.87. The molecular formula is C11H12F2O2. The highest BCUT2D eigenvalue weighted by Gasteiger charge is 2.40. The Morgan fingerprint density at radius 2 is 2.00 bits per heavy atom. The van der Waals surface area contributed by atoms with Crippen molar-refractivity contribution in [1.29, 1.82) is 0 Å². The van der Waals surface area contributed by atoms with Gasteiger partial charge in [0.1, 0.15) is 5.75 Å². The van der Waals surface area contributed by atoms with Gasteiger partial charge >= 0.3 is 0 Å². The van der Waals surface area contributed by atoms with Crippen molar-refractivity contribution in [3.63, 3.8) is 0 Å². The van der Waals surface area contributed by atoms with Gasteiger partial charge < -0.3 is 10.2 Å². The predicted molar refractivity (Wildman–Crippen MR) is 51.0 cm³/mol. The SMILES string of the molecule is Oc1ccc(CC2(O)CC2)cc1C(F)F. The summed E-state index contributed by atoms with van der Waals surface area (Å²) in [5.74, 6) is -0.392. The fourth-order valence-electron chi connectivity index (χ4n) is 1.59. The molecule has 0 spiro atoms. The van der Waals surface area contributed by atoms with E-state index < -0.39 is 17.8 Å². The lowest BCUT2D eigenvalue weighted by Gasteiger charge is -2.10. The minimum absolute atomic E-state index is 0.364. The van der Waals surface area contributed by atoms with E-state index in [0.717, 1.165) is 12.8 Å². The Morgan fingerprint density at radius 1 is 1.33 bits per heavy atom. The second kappa shape index (κ2) is 3.45. The molecule has 0 aromatic heterocycles. The van der Waals surface area contributed by atoms with Crippen LogP contribution in [0.2, 0.25) is 0 Å². The molecule has 1 aliphatic rings. The summed E-state index contributed by atoms with van der Waals surface area (Å²) >= 11 is 0. The third kappa shape index (κ3) is 2.26. The van der Waals surface area contributed by atoms with Gasteiger partial charge in [0, 0.05) is 6.42 Å². The molecule has 2 N–H and O–H groups in total. The number of alkyl halides is 2. The normalized spacial score (nSPS) is 18.1. The van der Waals surface area contributed by atoms with Gasteiger partial charge in [-0.3, -0.25) is 0 Å². The van der Waals surface area contributed by atoms with E-state index in [0.29, 0.717) is 12.0 Å². The molecule has 0 saturated heterocycles. The van der Waals surface area contributed by atoms with E-state index in [2.05, 4.69) is 0 Å². The lowest BCUT2D eigenvalue weighted by molar-refractivity contribution is 0.144. The van der Waals surface area contributed by atoms with Gasteiger partial charge in [-0.2, -0.15) is 0 Å². The average molecular weight is 214 g/mol. The van der Waals surface area contributed by atoms with Crippen LogP contribution in [0.5, 0.6) is 5.75 Å². The van der Waals surface area contributed by atoms with Gasteiger partial charge in [-0.05, 0) is 30.5 Å². The third-order valence-electron chi connectivity index (χ3n) is 2.69. The van der Waals surface area contributed by atoms with E-state index in [9.17, 15) is 19.0 Å². The molecule has 0 bridgehead atoms. The van der Waals surface area contributed by atoms with Gasteiger partial charge in [0.25, 0.3) is 6.43 Å². The Morgan fingerprint density at radius 3 is 2.53 bits per heavy atom. The Hall–Kier alpha value is -1.16. The largest absolute Gasteiger partial charge is 0.507 e. The molecule has 15 heavy (non-hydrogen) atoms. The summed E-state index contributed by atoms with van der Waals surface area (Å²) in [6.45, 7) is 0. The lowest BCUT2D eigenvalue weighted by atomic mass is 10.0. The molecule has 0 heterocycles. The number of hydrogen-bond donors (Lipinski definition) is 2. The first kappa shape index (κ1) is 10.4. The Kier molecular flexibility index (Phi) is 2.38. The summed E-state index contributed by atoms with van der Waals surface area (Å²) in [7, 11) is 0. The molecule has 0 unspecified atom stereocenters. The maximum atomic E-state index is 12.4. The van der Waals surface area contributed by atoms with Gasteiger partial charge in [-0.15, -0.1) is 0 Å².